The lowest BCUT2D eigenvalue weighted by Gasteiger charge is -2.34. The number of nitrogens with zero attached hydrogens (tertiary/aromatic N) is 2. The summed E-state index contributed by atoms with van der Waals surface area (Å²) >= 11 is 0. The predicted molar refractivity (Wildman–Crippen MR) is 132 cm³/mol. The highest BCUT2D eigenvalue weighted by Gasteiger charge is 2.33. The van der Waals surface area contributed by atoms with Gasteiger partial charge in [0, 0.05) is 12.1 Å². The van der Waals surface area contributed by atoms with E-state index in [2.05, 4.69) is 5.32 Å². The van der Waals surface area contributed by atoms with Gasteiger partial charge < -0.3 is 10.2 Å². The van der Waals surface area contributed by atoms with Crippen LogP contribution in [0.1, 0.15) is 45.2 Å². The summed E-state index contributed by atoms with van der Waals surface area (Å²) in [7, 11) is -3.90. The number of hydrogen-bond acceptors (Lipinski definition) is 4. The lowest BCUT2D eigenvalue weighted by Crippen LogP contribution is -2.55. The summed E-state index contributed by atoms with van der Waals surface area (Å²) in [6, 6.07) is 11.8. The summed E-state index contributed by atoms with van der Waals surface area (Å²) in [4.78, 5) is 28.0. The lowest BCUT2D eigenvalue weighted by atomic mass is 10.1. The molecule has 0 aromatic heterocycles. The molecule has 2 amide bonds. The van der Waals surface area contributed by atoms with Crippen molar-refractivity contribution in [2.45, 2.75) is 59.2 Å². The molecule has 1 atom stereocenters. The number of rotatable bonds is 9. The second-order valence-corrected chi connectivity index (χ2v) is 11.3. The second kappa shape index (κ2) is 11.0. The Labute approximate surface area is 202 Å². The molecule has 0 fully saturated rings. The van der Waals surface area contributed by atoms with Gasteiger partial charge in [-0.2, -0.15) is 0 Å². The van der Waals surface area contributed by atoms with Crippen LogP contribution < -0.4 is 9.62 Å². The van der Waals surface area contributed by atoms with Crippen LogP contribution in [0.5, 0.6) is 0 Å². The number of carbonyl (C=O) groups is 2. The van der Waals surface area contributed by atoms with E-state index in [9.17, 15) is 22.4 Å². The summed E-state index contributed by atoms with van der Waals surface area (Å²) in [6.07, 6.45) is 1.29. The fraction of sp³-hybridized carbons (Fsp3) is 0.440. The van der Waals surface area contributed by atoms with Gasteiger partial charge in [-0.15, -0.1) is 0 Å². The topological polar surface area (TPSA) is 86.8 Å². The quantitative estimate of drug-likeness (QED) is 0.581. The van der Waals surface area contributed by atoms with Crippen LogP contribution in [0.2, 0.25) is 0 Å². The van der Waals surface area contributed by atoms with Gasteiger partial charge in [-0.05, 0) is 57.9 Å². The van der Waals surface area contributed by atoms with E-state index in [1.165, 1.54) is 23.1 Å². The molecule has 1 N–H and O–H groups in total. The van der Waals surface area contributed by atoms with E-state index in [4.69, 9.17) is 0 Å². The Balaban J connectivity index is 2.45. The van der Waals surface area contributed by atoms with Crippen LogP contribution in [0.15, 0.2) is 48.5 Å². The normalized spacial score (nSPS) is 12.7. The highest BCUT2D eigenvalue weighted by atomic mass is 32.2. The predicted octanol–water partition coefficient (Wildman–Crippen LogP) is 3.62. The maximum atomic E-state index is 13.8. The lowest BCUT2D eigenvalue weighted by molar-refractivity contribution is -0.141. The standard InChI is InChI=1S/C25H34FN3O4S/c1-7-22(24(31)27-25(3,4)5)28(16-19-13-11-18(2)12-14-19)23(30)17-29(34(6,32)33)21-10-8-9-20(26)15-21/h8-15,22H,7,16-17H2,1-6H3,(H,27,31)/t22-/m0/s1. The molecular weight excluding hydrogens is 457 g/mol. The Bertz CT molecular complexity index is 1110. The Morgan fingerprint density at radius 1 is 1.09 bits per heavy atom. The van der Waals surface area contributed by atoms with Crippen LogP contribution in [-0.2, 0) is 26.2 Å². The van der Waals surface area contributed by atoms with Gasteiger partial charge in [-0.25, -0.2) is 12.8 Å². The molecule has 0 radical (unpaired) electrons. The Hall–Kier alpha value is -2.94. The molecule has 7 nitrogen and oxygen atoms in total. The number of nitrogens with one attached hydrogen (secondary N) is 1. The largest absolute Gasteiger partial charge is 0.350 e. The molecule has 0 aliphatic carbocycles. The maximum absolute atomic E-state index is 13.8. The Morgan fingerprint density at radius 3 is 2.21 bits per heavy atom. The van der Waals surface area contributed by atoms with Gasteiger partial charge in [0.15, 0.2) is 0 Å². The van der Waals surface area contributed by atoms with Crippen molar-refractivity contribution in [2.24, 2.45) is 0 Å². The summed E-state index contributed by atoms with van der Waals surface area (Å²) in [5.74, 6) is -1.51. The van der Waals surface area contributed by atoms with Gasteiger partial charge in [0.2, 0.25) is 21.8 Å². The first-order valence-electron chi connectivity index (χ1n) is 11.1. The summed E-state index contributed by atoms with van der Waals surface area (Å²) in [5, 5.41) is 2.91. The average molecular weight is 492 g/mol. The van der Waals surface area contributed by atoms with Crippen molar-refractivity contribution in [2.75, 3.05) is 17.1 Å². The van der Waals surface area contributed by atoms with Gasteiger partial charge >= 0.3 is 0 Å². The minimum Gasteiger partial charge on any atom is -0.350 e. The minimum absolute atomic E-state index is 0.0401. The SMILES string of the molecule is CC[C@@H](C(=O)NC(C)(C)C)N(Cc1ccc(C)cc1)C(=O)CN(c1cccc(F)c1)S(C)(=O)=O. The molecule has 2 rings (SSSR count). The molecule has 0 unspecified atom stereocenters. The third-order valence-electron chi connectivity index (χ3n) is 5.13. The monoisotopic (exact) mass is 491 g/mol. The molecule has 0 aliphatic heterocycles. The first-order chi connectivity index (χ1) is 15.7. The van der Waals surface area contributed by atoms with Crippen molar-refractivity contribution in [3.63, 3.8) is 0 Å². The van der Waals surface area contributed by atoms with Gasteiger partial charge in [-0.1, -0.05) is 42.8 Å². The number of halogens is 1. The third-order valence-corrected chi connectivity index (χ3v) is 6.27. The molecule has 0 aliphatic rings. The molecule has 0 spiro atoms. The van der Waals surface area contributed by atoms with Crippen LogP contribution in [0.4, 0.5) is 10.1 Å². The first-order valence-corrected chi connectivity index (χ1v) is 13.0. The zero-order chi connectivity index (χ0) is 25.7. The van der Waals surface area contributed by atoms with Gasteiger partial charge in [0.05, 0.1) is 11.9 Å². The zero-order valence-corrected chi connectivity index (χ0v) is 21.4. The molecule has 2 aromatic rings. The molecule has 186 valence electrons. The van der Waals surface area contributed by atoms with Crippen molar-refractivity contribution in [1.29, 1.82) is 0 Å². The van der Waals surface area contributed by atoms with Crippen LogP contribution >= 0.6 is 0 Å². The second-order valence-electron chi connectivity index (χ2n) is 9.42. The molecule has 2 aromatic carbocycles. The van der Waals surface area contributed by atoms with Crippen molar-refractivity contribution in [1.82, 2.24) is 10.2 Å². The molecular formula is C25H34FN3O4S. The van der Waals surface area contributed by atoms with Crippen molar-refractivity contribution in [3.8, 4) is 0 Å². The van der Waals surface area contributed by atoms with E-state index in [-0.39, 0.29) is 18.1 Å². The van der Waals surface area contributed by atoms with E-state index in [1.807, 2.05) is 52.0 Å². The van der Waals surface area contributed by atoms with E-state index in [1.54, 1.807) is 6.92 Å². The Morgan fingerprint density at radius 2 is 1.71 bits per heavy atom. The minimum atomic E-state index is -3.90. The van der Waals surface area contributed by atoms with Crippen LogP contribution in [0, 0.1) is 12.7 Å². The number of benzene rings is 2. The van der Waals surface area contributed by atoms with E-state index in [0.29, 0.717) is 6.42 Å². The van der Waals surface area contributed by atoms with Crippen molar-refractivity contribution < 1.29 is 22.4 Å². The smallest absolute Gasteiger partial charge is 0.244 e. The van der Waals surface area contributed by atoms with E-state index in [0.717, 1.165) is 27.8 Å². The number of aryl methyl sites for hydroxylation is 1. The number of carbonyl (C=O) groups excluding carboxylic acids is 2. The molecule has 0 bridgehead atoms. The van der Waals surface area contributed by atoms with Gasteiger partial charge in [0.1, 0.15) is 18.4 Å². The summed E-state index contributed by atoms with van der Waals surface area (Å²) in [6.45, 7) is 8.84. The molecule has 34 heavy (non-hydrogen) atoms. The van der Waals surface area contributed by atoms with Crippen LogP contribution in [-0.4, -0.2) is 49.5 Å². The van der Waals surface area contributed by atoms with E-state index >= 15 is 0 Å². The molecule has 9 heteroatoms. The number of amides is 2. The Kier molecular flexibility index (Phi) is 8.83. The van der Waals surface area contributed by atoms with Gasteiger partial charge in [-0.3, -0.25) is 13.9 Å². The van der Waals surface area contributed by atoms with Crippen molar-refractivity contribution in [3.05, 3.63) is 65.5 Å². The summed E-state index contributed by atoms with van der Waals surface area (Å²) < 4.78 is 39.7. The van der Waals surface area contributed by atoms with E-state index < -0.39 is 39.9 Å². The summed E-state index contributed by atoms with van der Waals surface area (Å²) in [5.41, 5.74) is 1.38. The van der Waals surface area contributed by atoms with Crippen molar-refractivity contribution >= 4 is 27.5 Å². The highest BCUT2D eigenvalue weighted by molar-refractivity contribution is 7.92. The number of sulfonamides is 1. The van der Waals surface area contributed by atoms with Crippen LogP contribution in [0.25, 0.3) is 0 Å². The average Bonchev–Trinajstić information content (AvgIpc) is 2.71. The highest BCUT2D eigenvalue weighted by Crippen LogP contribution is 2.21. The molecule has 0 saturated carbocycles. The van der Waals surface area contributed by atoms with Gasteiger partial charge in [0.25, 0.3) is 0 Å². The maximum Gasteiger partial charge on any atom is 0.244 e. The number of anilines is 1. The molecule has 0 heterocycles. The van der Waals surface area contributed by atoms with Crippen LogP contribution in [0.3, 0.4) is 0 Å². The third kappa shape index (κ3) is 7.83. The first kappa shape index (κ1) is 27.3. The fourth-order valence-electron chi connectivity index (χ4n) is 3.51. The molecule has 0 saturated heterocycles. The number of hydrogen-bond donors (Lipinski definition) is 1. The fourth-order valence-corrected chi connectivity index (χ4v) is 4.35. The zero-order valence-electron chi connectivity index (χ0n) is 20.6.